The molecule has 57 heavy (non-hydrogen) atoms. The van der Waals surface area contributed by atoms with Gasteiger partial charge in [0.2, 0.25) is 17.7 Å². The van der Waals surface area contributed by atoms with Gasteiger partial charge in [-0.3, -0.25) is 0 Å². The van der Waals surface area contributed by atoms with Crippen molar-refractivity contribution in [3.63, 3.8) is 0 Å². The molecular formula is C52H34N5+. The van der Waals surface area contributed by atoms with E-state index in [1.54, 1.807) is 0 Å². The molecule has 0 bridgehead atoms. The van der Waals surface area contributed by atoms with Gasteiger partial charge in [0.25, 0.3) is 0 Å². The molecule has 0 atom stereocenters. The van der Waals surface area contributed by atoms with E-state index in [2.05, 4.69) is 168 Å². The summed E-state index contributed by atoms with van der Waals surface area (Å²) in [7, 11) is 0. The number of rotatable bonds is 6. The highest BCUT2D eigenvalue weighted by Gasteiger charge is 2.24. The molecule has 0 aliphatic heterocycles. The predicted molar refractivity (Wildman–Crippen MR) is 232 cm³/mol. The maximum atomic E-state index is 5.27. The van der Waals surface area contributed by atoms with Gasteiger partial charge in [-0.05, 0) is 34.5 Å². The number of aromatic nitrogens is 5. The van der Waals surface area contributed by atoms with E-state index in [0.717, 1.165) is 77.9 Å². The van der Waals surface area contributed by atoms with Crippen molar-refractivity contribution < 1.29 is 4.68 Å². The van der Waals surface area contributed by atoms with Gasteiger partial charge in [0.1, 0.15) is 5.69 Å². The molecule has 11 rings (SSSR count). The van der Waals surface area contributed by atoms with E-state index >= 15 is 0 Å². The molecule has 0 saturated heterocycles. The highest BCUT2D eigenvalue weighted by Crippen LogP contribution is 2.45. The minimum Gasteiger partial charge on any atom is -0.309 e. The first-order valence-corrected chi connectivity index (χ1v) is 19.2. The quantitative estimate of drug-likeness (QED) is 0.126. The van der Waals surface area contributed by atoms with Crippen molar-refractivity contribution in [1.82, 2.24) is 19.6 Å². The van der Waals surface area contributed by atoms with Crippen molar-refractivity contribution in [3.8, 4) is 56.4 Å². The summed E-state index contributed by atoms with van der Waals surface area (Å²) in [4.78, 5) is 10.5. The fourth-order valence-corrected chi connectivity index (χ4v) is 8.38. The molecule has 0 fully saturated rings. The van der Waals surface area contributed by atoms with Gasteiger partial charge in [-0.15, -0.1) is 0 Å². The second kappa shape index (κ2) is 13.5. The van der Waals surface area contributed by atoms with Gasteiger partial charge in [-0.1, -0.05) is 164 Å². The smallest absolute Gasteiger partial charge is 0.238 e. The van der Waals surface area contributed by atoms with Crippen molar-refractivity contribution >= 4 is 43.5 Å². The highest BCUT2D eigenvalue weighted by molar-refractivity contribution is 6.30. The van der Waals surface area contributed by atoms with E-state index < -0.39 is 0 Å². The lowest BCUT2D eigenvalue weighted by Gasteiger charge is -2.14. The fourth-order valence-electron chi connectivity index (χ4n) is 8.38. The predicted octanol–water partition coefficient (Wildman–Crippen LogP) is 12.2. The van der Waals surface area contributed by atoms with Crippen LogP contribution in [0.1, 0.15) is 0 Å². The van der Waals surface area contributed by atoms with Crippen molar-refractivity contribution in [2.75, 3.05) is 0 Å². The molecule has 0 aliphatic carbocycles. The average molecular weight is 729 g/mol. The summed E-state index contributed by atoms with van der Waals surface area (Å²) in [5.74, 6) is 0.657. The van der Waals surface area contributed by atoms with E-state index in [-0.39, 0.29) is 0 Å². The zero-order valence-electron chi connectivity index (χ0n) is 30.9. The Bertz CT molecular complexity index is 3210. The molecule has 0 spiro atoms. The lowest BCUT2D eigenvalue weighted by atomic mass is 9.94. The molecule has 0 saturated carbocycles. The monoisotopic (exact) mass is 728 g/mol. The third-order valence-corrected chi connectivity index (χ3v) is 10.9. The molecular weight excluding hydrogens is 695 g/mol. The van der Waals surface area contributed by atoms with Crippen LogP contribution in [0.25, 0.3) is 99.9 Å². The summed E-state index contributed by atoms with van der Waals surface area (Å²) in [6, 6.07) is 70.1. The van der Waals surface area contributed by atoms with Crippen molar-refractivity contribution in [1.29, 1.82) is 0 Å². The molecule has 11 aromatic rings. The Morgan fingerprint density at radius 3 is 1.81 bits per heavy atom. The Hall–Kier alpha value is -7.76. The molecule has 8 aromatic carbocycles. The Morgan fingerprint density at radius 1 is 0.421 bits per heavy atom. The van der Waals surface area contributed by atoms with Gasteiger partial charge < -0.3 is 4.57 Å². The number of hydrogen-bond donors (Lipinski definition) is 0. The lowest BCUT2D eigenvalue weighted by molar-refractivity contribution is -0.658. The first-order chi connectivity index (χ1) is 28.3. The van der Waals surface area contributed by atoms with E-state index in [9.17, 15) is 0 Å². The number of hydrogen-bond acceptors (Lipinski definition) is 3. The second-order valence-corrected chi connectivity index (χ2v) is 14.2. The number of para-hydroxylation sites is 4. The summed E-state index contributed by atoms with van der Waals surface area (Å²) >= 11 is 0. The summed E-state index contributed by atoms with van der Waals surface area (Å²) in [6.45, 7) is 0. The van der Waals surface area contributed by atoms with E-state index in [4.69, 9.17) is 15.1 Å². The van der Waals surface area contributed by atoms with Crippen LogP contribution in [-0.2, 0) is 0 Å². The zero-order chi connectivity index (χ0) is 37.7. The average Bonchev–Trinajstić information content (AvgIpc) is 3.64. The lowest BCUT2D eigenvalue weighted by Crippen LogP contribution is -2.36. The van der Waals surface area contributed by atoms with Crippen LogP contribution in [0.5, 0.6) is 0 Å². The van der Waals surface area contributed by atoms with E-state index in [0.29, 0.717) is 5.82 Å². The minimum absolute atomic E-state index is 0.657. The van der Waals surface area contributed by atoms with Crippen LogP contribution < -0.4 is 4.68 Å². The molecule has 0 radical (unpaired) electrons. The SMILES string of the molecule is c1ccc(-c2nc(-c3ccccc3-c3cccc4c5c6c(ccc5n(-c5ccccc5)c34)c(-c3ccccc3)nc3ccccc36)c[n+](-c3ccccc3)n2)cc1. The maximum absolute atomic E-state index is 5.27. The van der Waals surface area contributed by atoms with Crippen LogP contribution in [0.15, 0.2) is 206 Å². The third-order valence-electron chi connectivity index (χ3n) is 10.9. The minimum atomic E-state index is 0.657. The summed E-state index contributed by atoms with van der Waals surface area (Å²) in [5, 5.41) is 10.9. The largest absolute Gasteiger partial charge is 0.309 e. The van der Waals surface area contributed by atoms with Gasteiger partial charge in [0.15, 0.2) is 0 Å². The number of pyridine rings is 1. The zero-order valence-corrected chi connectivity index (χ0v) is 30.9. The standard InChI is InChI=1S/C52H34N5/c1-5-18-35(19-6-1)50-43-32-33-47-49(48(43)42-28-15-16-31-45(42)53-50)44-30-17-29-41(51(44)57(47)38-24-11-4-12-25-38)39-26-13-14-27-40(39)46-34-56(37-22-9-3-10-23-37)55-52(54-46)36-20-7-2-8-21-36/h1-34H/q+1. The van der Waals surface area contributed by atoms with E-state index in [1.165, 1.54) is 16.2 Å². The molecule has 5 heteroatoms. The second-order valence-electron chi connectivity index (χ2n) is 14.2. The Balaban J connectivity index is 1.24. The number of fused-ring (bicyclic) bond motifs is 7. The number of benzene rings is 8. The molecule has 0 N–H and O–H groups in total. The van der Waals surface area contributed by atoms with Gasteiger partial charge in [-0.2, -0.15) is 0 Å². The highest BCUT2D eigenvalue weighted by atomic mass is 15.3. The molecule has 3 heterocycles. The summed E-state index contributed by atoms with van der Waals surface area (Å²) in [6.07, 6.45) is 2.05. The molecule has 0 unspecified atom stereocenters. The third kappa shape index (κ3) is 5.48. The van der Waals surface area contributed by atoms with Crippen molar-refractivity contribution in [2.45, 2.75) is 0 Å². The fraction of sp³-hybridized carbons (Fsp3) is 0. The Kier molecular flexibility index (Phi) is 7.74. The summed E-state index contributed by atoms with van der Waals surface area (Å²) in [5.41, 5.74) is 12.4. The van der Waals surface area contributed by atoms with Crippen LogP contribution in [0.2, 0.25) is 0 Å². The molecule has 5 nitrogen and oxygen atoms in total. The first-order valence-electron chi connectivity index (χ1n) is 19.2. The van der Waals surface area contributed by atoms with Crippen LogP contribution in [0.4, 0.5) is 0 Å². The number of nitrogens with zero attached hydrogens (tertiary/aromatic N) is 5. The normalized spacial score (nSPS) is 11.5. The van der Waals surface area contributed by atoms with Crippen molar-refractivity contribution in [3.05, 3.63) is 206 Å². The topological polar surface area (TPSA) is 47.5 Å². The maximum Gasteiger partial charge on any atom is 0.238 e. The Morgan fingerprint density at radius 2 is 1.04 bits per heavy atom. The molecule has 0 amide bonds. The van der Waals surface area contributed by atoms with Crippen molar-refractivity contribution in [2.24, 2.45) is 0 Å². The van der Waals surface area contributed by atoms with E-state index in [1.807, 2.05) is 47.3 Å². The molecule has 266 valence electrons. The first kappa shape index (κ1) is 32.7. The molecule has 0 aliphatic rings. The van der Waals surface area contributed by atoms with Gasteiger partial charge in [-0.25, -0.2) is 9.97 Å². The van der Waals surface area contributed by atoms with Crippen LogP contribution >= 0.6 is 0 Å². The molecule has 3 aromatic heterocycles. The van der Waals surface area contributed by atoms with Crippen LogP contribution in [0, 0.1) is 0 Å². The van der Waals surface area contributed by atoms with Crippen LogP contribution in [-0.4, -0.2) is 19.6 Å². The van der Waals surface area contributed by atoms with Crippen LogP contribution in [0.3, 0.4) is 0 Å². The van der Waals surface area contributed by atoms with Gasteiger partial charge in [0, 0.05) is 72.1 Å². The summed E-state index contributed by atoms with van der Waals surface area (Å²) < 4.78 is 4.38. The van der Waals surface area contributed by atoms with Gasteiger partial charge in [0.05, 0.1) is 22.2 Å². The Labute approximate surface area is 329 Å². The van der Waals surface area contributed by atoms with Gasteiger partial charge >= 0.3 is 0 Å².